The second-order valence-electron chi connectivity index (χ2n) is 7.20. The summed E-state index contributed by atoms with van der Waals surface area (Å²) in [5.74, 6) is 1.18. The van der Waals surface area contributed by atoms with Crippen LogP contribution in [0.25, 0.3) is 0 Å². The highest BCUT2D eigenvalue weighted by atomic mass is 16.6. The monoisotopic (exact) mass is 426 g/mol. The highest BCUT2D eigenvalue weighted by molar-refractivity contribution is 5.82. The van der Waals surface area contributed by atoms with Crippen LogP contribution in [0.15, 0.2) is 53.6 Å². The summed E-state index contributed by atoms with van der Waals surface area (Å²) >= 11 is 0. The van der Waals surface area contributed by atoms with Gasteiger partial charge in [0.15, 0.2) is 0 Å². The maximum atomic E-state index is 11.9. The van der Waals surface area contributed by atoms with Crippen LogP contribution in [0.3, 0.4) is 0 Å². The lowest BCUT2D eigenvalue weighted by molar-refractivity contribution is -0.384. The highest BCUT2D eigenvalue weighted by Gasteiger charge is 2.14. The maximum Gasteiger partial charge on any atom is 0.335 e. The van der Waals surface area contributed by atoms with Crippen LogP contribution in [-0.4, -0.2) is 36.4 Å². The number of amides is 2. The third kappa shape index (κ3) is 7.61. The number of urea groups is 1. The zero-order valence-corrected chi connectivity index (χ0v) is 17.2. The van der Waals surface area contributed by atoms with Crippen molar-refractivity contribution in [1.82, 2.24) is 10.7 Å². The van der Waals surface area contributed by atoms with Crippen molar-refractivity contribution in [3.63, 3.8) is 0 Å². The minimum absolute atomic E-state index is 0.0167. The number of nitro groups is 1. The van der Waals surface area contributed by atoms with Crippen LogP contribution >= 0.6 is 0 Å². The van der Waals surface area contributed by atoms with Gasteiger partial charge in [-0.15, -0.1) is 0 Å². The normalized spacial score (nSPS) is 14.2. The fourth-order valence-electron chi connectivity index (χ4n) is 3.30. The fourth-order valence-corrected chi connectivity index (χ4v) is 3.30. The first-order chi connectivity index (χ1) is 15.1. The van der Waals surface area contributed by atoms with E-state index in [9.17, 15) is 14.9 Å². The molecule has 2 amide bonds. The summed E-state index contributed by atoms with van der Waals surface area (Å²) in [7, 11) is 0. The molecule has 31 heavy (non-hydrogen) atoms. The number of ether oxygens (including phenoxy) is 2. The first-order valence-electron chi connectivity index (χ1n) is 10.3. The van der Waals surface area contributed by atoms with Crippen LogP contribution in [0.4, 0.5) is 10.5 Å². The van der Waals surface area contributed by atoms with Crippen molar-refractivity contribution in [2.24, 2.45) is 5.10 Å². The molecule has 1 aliphatic carbocycles. The Morgan fingerprint density at radius 1 is 1.06 bits per heavy atom. The zero-order chi connectivity index (χ0) is 21.9. The third-order valence-corrected chi connectivity index (χ3v) is 4.85. The summed E-state index contributed by atoms with van der Waals surface area (Å²) < 4.78 is 11.2. The van der Waals surface area contributed by atoms with Crippen molar-refractivity contribution in [2.75, 3.05) is 13.2 Å². The van der Waals surface area contributed by atoms with Crippen LogP contribution in [0.5, 0.6) is 11.5 Å². The molecule has 1 saturated carbocycles. The van der Waals surface area contributed by atoms with Gasteiger partial charge in [-0.2, -0.15) is 5.10 Å². The van der Waals surface area contributed by atoms with Gasteiger partial charge in [-0.1, -0.05) is 31.4 Å². The summed E-state index contributed by atoms with van der Waals surface area (Å²) in [4.78, 5) is 22.1. The highest BCUT2D eigenvalue weighted by Crippen LogP contribution is 2.18. The molecule has 0 spiro atoms. The smallest absolute Gasteiger partial charge is 0.335 e. The molecule has 0 saturated heterocycles. The predicted octanol–water partition coefficient (Wildman–Crippen LogP) is 4.02. The Bertz CT molecular complexity index is 895. The van der Waals surface area contributed by atoms with Crippen molar-refractivity contribution in [1.29, 1.82) is 0 Å². The van der Waals surface area contributed by atoms with E-state index in [1.807, 2.05) is 18.2 Å². The van der Waals surface area contributed by atoms with Gasteiger partial charge in [0.05, 0.1) is 11.1 Å². The average Bonchev–Trinajstić information content (AvgIpc) is 2.78. The average molecular weight is 426 g/mol. The molecular formula is C22H26N4O5. The Labute approximate surface area is 180 Å². The van der Waals surface area contributed by atoms with Crippen molar-refractivity contribution in [3.8, 4) is 11.5 Å². The Morgan fingerprint density at radius 2 is 1.77 bits per heavy atom. The number of non-ortho nitro benzene ring substituents is 1. The van der Waals surface area contributed by atoms with Gasteiger partial charge in [0.25, 0.3) is 5.69 Å². The second-order valence-corrected chi connectivity index (χ2v) is 7.20. The number of hydrogen-bond acceptors (Lipinski definition) is 6. The first kappa shape index (κ1) is 22.1. The molecule has 0 aromatic heterocycles. The zero-order valence-electron chi connectivity index (χ0n) is 17.2. The van der Waals surface area contributed by atoms with E-state index in [4.69, 9.17) is 9.47 Å². The largest absolute Gasteiger partial charge is 0.490 e. The lowest BCUT2D eigenvalue weighted by atomic mass is 9.96. The molecule has 9 heteroatoms. The van der Waals surface area contributed by atoms with E-state index in [0.717, 1.165) is 31.2 Å². The van der Waals surface area contributed by atoms with E-state index in [2.05, 4.69) is 15.8 Å². The fraction of sp³-hybridized carbons (Fsp3) is 0.364. The minimum atomic E-state index is -0.456. The van der Waals surface area contributed by atoms with Gasteiger partial charge < -0.3 is 14.8 Å². The van der Waals surface area contributed by atoms with Crippen molar-refractivity contribution in [2.45, 2.75) is 38.1 Å². The molecule has 0 radical (unpaired) electrons. The Kier molecular flexibility index (Phi) is 8.21. The topological polar surface area (TPSA) is 115 Å². The molecule has 2 aromatic carbocycles. The number of hydrazone groups is 1. The van der Waals surface area contributed by atoms with Crippen LogP contribution in [-0.2, 0) is 0 Å². The molecule has 164 valence electrons. The molecule has 0 atom stereocenters. The van der Waals surface area contributed by atoms with Crippen molar-refractivity contribution >= 4 is 17.9 Å². The predicted molar refractivity (Wildman–Crippen MR) is 117 cm³/mol. The number of carbonyl (C=O) groups excluding carboxylic acids is 1. The van der Waals surface area contributed by atoms with E-state index in [1.165, 1.54) is 18.6 Å². The summed E-state index contributed by atoms with van der Waals surface area (Å²) in [6.07, 6.45) is 7.13. The number of nitrogens with one attached hydrogen (secondary N) is 2. The third-order valence-electron chi connectivity index (χ3n) is 4.85. The van der Waals surface area contributed by atoms with Gasteiger partial charge in [-0.25, -0.2) is 10.2 Å². The molecule has 3 rings (SSSR count). The number of benzene rings is 2. The minimum Gasteiger partial charge on any atom is -0.490 e. The van der Waals surface area contributed by atoms with Gasteiger partial charge in [0.1, 0.15) is 24.7 Å². The Morgan fingerprint density at radius 3 is 2.48 bits per heavy atom. The van der Waals surface area contributed by atoms with E-state index < -0.39 is 4.92 Å². The molecular weight excluding hydrogens is 400 g/mol. The first-order valence-corrected chi connectivity index (χ1v) is 10.3. The number of hydrogen-bond donors (Lipinski definition) is 2. The van der Waals surface area contributed by atoms with Gasteiger partial charge >= 0.3 is 6.03 Å². The lowest BCUT2D eigenvalue weighted by Gasteiger charge is -2.22. The maximum absolute atomic E-state index is 11.9. The SMILES string of the molecule is O=C(NN=Cc1cccc(OCCOc2ccc([N+](=O)[O-])cc2)c1)NC1CCCCC1. The van der Waals surface area contributed by atoms with E-state index in [1.54, 1.807) is 24.4 Å². The van der Waals surface area contributed by atoms with E-state index in [-0.39, 0.29) is 17.8 Å². The van der Waals surface area contributed by atoms with E-state index in [0.29, 0.717) is 24.7 Å². The Hall–Kier alpha value is -3.62. The molecule has 9 nitrogen and oxygen atoms in total. The molecule has 0 bridgehead atoms. The number of nitro benzene ring substituents is 1. The van der Waals surface area contributed by atoms with Crippen LogP contribution < -0.4 is 20.2 Å². The van der Waals surface area contributed by atoms with Crippen LogP contribution in [0, 0.1) is 10.1 Å². The van der Waals surface area contributed by atoms with Crippen LogP contribution in [0.2, 0.25) is 0 Å². The molecule has 1 aliphatic rings. The molecule has 0 unspecified atom stereocenters. The summed E-state index contributed by atoms with van der Waals surface area (Å²) in [6.45, 7) is 0.596. The number of carbonyl (C=O) groups is 1. The number of rotatable bonds is 9. The Balaban J connectivity index is 1.38. The van der Waals surface area contributed by atoms with Crippen molar-refractivity contribution in [3.05, 3.63) is 64.2 Å². The molecule has 2 N–H and O–H groups in total. The van der Waals surface area contributed by atoms with E-state index >= 15 is 0 Å². The van der Waals surface area contributed by atoms with Gasteiger partial charge in [-0.05, 0) is 42.7 Å². The molecule has 2 aromatic rings. The van der Waals surface area contributed by atoms with Crippen molar-refractivity contribution < 1.29 is 19.2 Å². The lowest BCUT2D eigenvalue weighted by Crippen LogP contribution is -2.41. The van der Waals surface area contributed by atoms with Crippen LogP contribution in [0.1, 0.15) is 37.7 Å². The summed E-state index contributed by atoms with van der Waals surface area (Å²) in [6, 6.07) is 13.1. The quantitative estimate of drug-likeness (QED) is 0.272. The summed E-state index contributed by atoms with van der Waals surface area (Å²) in [5.41, 5.74) is 3.30. The standard InChI is InChI=1S/C22H26N4O5/c27-22(24-18-6-2-1-3-7-18)25-23-16-17-5-4-8-21(15-17)31-14-13-30-20-11-9-19(10-12-20)26(28)29/h4-5,8-12,15-16,18H,1-3,6-7,13-14H2,(H2,24,25,27). The number of nitrogens with zero attached hydrogens (tertiary/aromatic N) is 2. The summed E-state index contributed by atoms with van der Waals surface area (Å²) in [5, 5.41) is 17.6. The van der Waals surface area contributed by atoms with Gasteiger partial charge in [-0.3, -0.25) is 10.1 Å². The molecule has 1 fully saturated rings. The second kappa shape index (κ2) is 11.5. The van der Waals surface area contributed by atoms with Gasteiger partial charge in [0.2, 0.25) is 0 Å². The molecule has 0 heterocycles. The molecule has 0 aliphatic heterocycles. The van der Waals surface area contributed by atoms with Gasteiger partial charge in [0, 0.05) is 18.2 Å².